The van der Waals surface area contributed by atoms with E-state index in [1.54, 1.807) is 30.3 Å². The Balaban J connectivity index is 1.59. The van der Waals surface area contributed by atoms with Crippen LogP contribution in [0.15, 0.2) is 65.7 Å². The van der Waals surface area contributed by atoms with Crippen molar-refractivity contribution in [3.8, 4) is 11.3 Å². The van der Waals surface area contributed by atoms with Gasteiger partial charge in [0.05, 0.1) is 21.3 Å². The zero-order valence-corrected chi connectivity index (χ0v) is 15.5. The molecular formula is C18H13N5O5S. The van der Waals surface area contributed by atoms with E-state index in [9.17, 15) is 25.0 Å². The summed E-state index contributed by atoms with van der Waals surface area (Å²) in [5.41, 5.74) is 1.14. The van der Waals surface area contributed by atoms with Gasteiger partial charge < -0.3 is 5.32 Å². The first-order valence-corrected chi connectivity index (χ1v) is 9.17. The highest BCUT2D eigenvalue weighted by Gasteiger charge is 2.15. The van der Waals surface area contributed by atoms with Crippen LogP contribution < -0.4 is 5.32 Å². The lowest BCUT2D eigenvalue weighted by Gasteiger charge is -2.06. The van der Waals surface area contributed by atoms with Crippen molar-refractivity contribution < 1.29 is 14.6 Å². The van der Waals surface area contributed by atoms with Crippen molar-refractivity contribution in [1.29, 1.82) is 0 Å². The maximum Gasteiger partial charge on any atom is 0.292 e. The molecule has 0 spiro atoms. The Kier molecular flexibility index (Phi) is 6.09. The molecule has 1 aromatic heterocycles. The van der Waals surface area contributed by atoms with Gasteiger partial charge in [-0.05, 0) is 30.3 Å². The van der Waals surface area contributed by atoms with Crippen LogP contribution in [0.5, 0.6) is 0 Å². The average molecular weight is 411 g/mol. The number of hydrogen-bond acceptors (Lipinski definition) is 8. The highest BCUT2D eigenvalue weighted by molar-refractivity contribution is 7.99. The number of benzene rings is 2. The number of amides is 1. The lowest BCUT2D eigenvalue weighted by Crippen LogP contribution is -2.15. The predicted octanol–water partition coefficient (Wildman–Crippen LogP) is 3.69. The summed E-state index contributed by atoms with van der Waals surface area (Å²) in [5, 5.41) is 32.8. The molecule has 11 heteroatoms. The standard InChI is InChI=1S/C18H13N5O5S/c24-17(19-15-3-1-2-4-16(15)23(27)28)11-29-18-10-9-14(20-21-18)12-5-7-13(8-6-12)22(25)26/h1-10H,11H2,(H,19,24). The van der Waals surface area contributed by atoms with Crippen LogP contribution in [0.1, 0.15) is 0 Å². The topological polar surface area (TPSA) is 141 Å². The van der Waals surface area contributed by atoms with Crippen molar-refractivity contribution in [2.24, 2.45) is 0 Å². The molecule has 0 aliphatic heterocycles. The smallest absolute Gasteiger partial charge is 0.292 e. The van der Waals surface area contributed by atoms with E-state index in [-0.39, 0.29) is 22.8 Å². The van der Waals surface area contributed by atoms with Gasteiger partial charge in [-0.2, -0.15) is 0 Å². The van der Waals surface area contributed by atoms with Gasteiger partial charge in [-0.1, -0.05) is 23.9 Å². The summed E-state index contributed by atoms with van der Waals surface area (Å²) in [5.74, 6) is -0.414. The Bertz CT molecular complexity index is 1060. The number of rotatable bonds is 7. The molecule has 10 nitrogen and oxygen atoms in total. The van der Waals surface area contributed by atoms with Gasteiger partial charge >= 0.3 is 0 Å². The molecule has 2 aromatic carbocycles. The number of carbonyl (C=O) groups is 1. The SMILES string of the molecule is O=C(CSc1ccc(-c2ccc([N+](=O)[O-])cc2)nn1)Nc1ccccc1[N+](=O)[O-]. The number of nitrogens with one attached hydrogen (secondary N) is 1. The van der Waals surface area contributed by atoms with E-state index < -0.39 is 15.8 Å². The number of non-ortho nitro benzene ring substituents is 1. The Morgan fingerprint density at radius 1 is 0.931 bits per heavy atom. The molecule has 0 aliphatic rings. The van der Waals surface area contributed by atoms with Crippen molar-refractivity contribution in [2.75, 3.05) is 11.1 Å². The van der Waals surface area contributed by atoms with Crippen molar-refractivity contribution in [1.82, 2.24) is 10.2 Å². The van der Waals surface area contributed by atoms with E-state index in [0.29, 0.717) is 16.3 Å². The number of carbonyl (C=O) groups excluding carboxylic acids is 1. The van der Waals surface area contributed by atoms with Gasteiger partial charge in [0.25, 0.3) is 11.4 Å². The molecule has 0 unspecified atom stereocenters. The molecule has 0 fully saturated rings. The Morgan fingerprint density at radius 3 is 2.28 bits per heavy atom. The zero-order valence-electron chi connectivity index (χ0n) is 14.7. The summed E-state index contributed by atoms with van der Waals surface area (Å²) < 4.78 is 0. The van der Waals surface area contributed by atoms with E-state index >= 15 is 0 Å². The largest absolute Gasteiger partial charge is 0.320 e. The second-order valence-corrected chi connectivity index (χ2v) is 6.67. The molecule has 3 rings (SSSR count). The van der Waals surface area contributed by atoms with E-state index in [1.165, 1.54) is 30.3 Å². The predicted molar refractivity (Wildman–Crippen MR) is 107 cm³/mol. The molecule has 0 atom stereocenters. The van der Waals surface area contributed by atoms with Crippen LogP contribution in [0.4, 0.5) is 17.1 Å². The Labute approximate surface area is 168 Å². The summed E-state index contributed by atoms with van der Waals surface area (Å²) in [6, 6.07) is 15.2. The van der Waals surface area contributed by atoms with Crippen LogP contribution >= 0.6 is 11.8 Å². The van der Waals surface area contributed by atoms with Crippen molar-refractivity contribution in [2.45, 2.75) is 5.03 Å². The van der Waals surface area contributed by atoms with Gasteiger partial charge in [-0.25, -0.2) is 0 Å². The van der Waals surface area contributed by atoms with Crippen LogP contribution in [0.2, 0.25) is 0 Å². The fraction of sp³-hybridized carbons (Fsp3) is 0.0556. The third kappa shape index (κ3) is 5.11. The maximum absolute atomic E-state index is 12.1. The molecule has 0 saturated heterocycles. The van der Waals surface area contributed by atoms with Crippen molar-refractivity contribution >= 4 is 34.7 Å². The summed E-state index contributed by atoms with van der Waals surface area (Å²) in [6.45, 7) is 0. The maximum atomic E-state index is 12.1. The normalized spacial score (nSPS) is 10.3. The number of para-hydroxylation sites is 2. The lowest BCUT2D eigenvalue weighted by molar-refractivity contribution is -0.384. The van der Waals surface area contributed by atoms with Gasteiger partial charge in [-0.15, -0.1) is 10.2 Å². The average Bonchev–Trinajstić information content (AvgIpc) is 2.73. The summed E-state index contributed by atoms with van der Waals surface area (Å²) in [6.07, 6.45) is 0. The monoisotopic (exact) mass is 411 g/mol. The molecule has 146 valence electrons. The second kappa shape index (κ2) is 8.89. The van der Waals surface area contributed by atoms with E-state index in [0.717, 1.165) is 11.8 Å². The number of thioether (sulfide) groups is 1. The van der Waals surface area contributed by atoms with E-state index in [2.05, 4.69) is 15.5 Å². The first-order chi connectivity index (χ1) is 13.9. The third-order valence-electron chi connectivity index (χ3n) is 3.74. The lowest BCUT2D eigenvalue weighted by atomic mass is 10.1. The quantitative estimate of drug-likeness (QED) is 0.352. The summed E-state index contributed by atoms with van der Waals surface area (Å²) in [4.78, 5) is 32.7. The number of nitro benzene ring substituents is 2. The number of anilines is 1. The first-order valence-electron chi connectivity index (χ1n) is 8.18. The number of nitro groups is 2. The minimum Gasteiger partial charge on any atom is -0.320 e. The fourth-order valence-electron chi connectivity index (χ4n) is 2.37. The van der Waals surface area contributed by atoms with Crippen molar-refractivity contribution in [3.63, 3.8) is 0 Å². The van der Waals surface area contributed by atoms with E-state index in [4.69, 9.17) is 0 Å². The summed E-state index contributed by atoms with van der Waals surface area (Å²) in [7, 11) is 0. The van der Waals surface area contributed by atoms with E-state index in [1.807, 2.05) is 0 Å². The van der Waals surface area contributed by atoms with Gasteiger partial charge in [0, 0.05) is 23.8 Å². The van der Waals surface area contributed by atoms with Crippen LogP contribution in [-0.2, 0) is 4.79 Å². The third-order valence-corrected chi connectivity index (χ3v) is 4.66. The number of nitrogens with zero attached hydrogens (tertiary/aromatic N) is 4. The molecule has 0 bridgehead atoms. The highest BCUT2D eigenvalue weighted by atomic mass is 32.2. The second-order valence-electron chi connectivity index (χ2n) is 5.67. The molecule has 0 aliphatic carbocycles. The molecule has 0 radical (unpaired) electrons. The minimum atomic E-state index is -0.564. The van der Waals surface area contributed by atoms with Crippen LogP contribution in [0, 0.1) is 20.2 Å². The highest BCUT2D eigenvalue weighted by Crippen LogP contribution is 2.25. The van der Waals surface area contributed by atoms with Crippen molar-refractivity contribution in [3.05, 3.63) is 80.9 Å². The molecule has 1 heterocycles. The Morgan fingerprint density at radius 2 is 1.66 bits per heavy atom. The van der Waals surface area contributed by atoms with Crippen LogP contribution in [0.3, 0.4) is 0 Å². The van der Waals surface area contributed by atoms with Gasteiger partial charge in [-0.3, -0.25) is 25.0 Å². The number of hydrogen-bond donors (Lipinski definition) is 1. The van der Waals surface area contributed by atoms with Crippen LogP contribution in [0.25, 0.3) is 11.3 Å². The van der Waals surface area contributed by atoms with Gasteiger partial charge in [0.2, 0.25) is 5.91 Å². The molecule has 29 heavy (non-hydrogen) atoms. The molecule has 1 N–H and O–H groups in total. The van der Waals surface area contributed by atoms with Crippen LogP contribution in [-0.4, -0.2) is 31.7 Å². The summed E-state index contributed by atoms with van der Waals surface area (Å²) >= 11 is 1.13. The Hall–Kier alpha value is -3.86. The van der Waals surface area contributed by atoms with Gasteiger partial charge in [0.1, 0.15) is 10.7 Å². The first kappa shape index (κ1) is 19.9. The fourth-order valence-corrected chi connectivity index (χ4v) is 2.98. The molecule has 3 aromatic rings. The minimum absolute atomic E-state index is 0.00237. The molecular weight excluding hydrogens is 398 g/mol. The zero-order chi connectivity index (χ0) is 20.8. The molecule has 0 saturated carbocycles. The number of aromatic nitrogens is 2. The van der Waals surface area contributed by atoms with Gasteiger partial charge in [0.15, 0.2) is 0 Å². The molecule has 1 amide bonds.